The predicted molar refractivity (Wildman–Crippen MR) is 161 cm³/mol. The van der Waals surface area contributed by atoms with Crippen molar-refractivity contribution >= 4 is 11.7 Å². The molecule has 11 heteroatoms. The van der Waals surface area contributed by atoms with Crippen LogP contribution in [-0.4, -0.2) is 63.4 Å². The van der Waals surface area contributed by atoms with Crippen LogP contribution in [0.3, 0.4) is 0 Å². The highest BCUT2D eigenvalue weighted by molar-refractivity contribution is 5.79. The number of rotatable bonds is 11. The van der Waals surface area contributed by atoms with Gasteiger partial charge < -0.3 is 25.3 Å². The van der Waals surface area contributed by atoms with Crippen LogP contribution in [0.15, 0.2) is 84.5 Å². The largest absolute Gasteiger partial charge is 0.473 e. The maximum absolute atomic E-state index is 14.3. The van der Waals surface area contributed by atoms with E-state index in [9.17, 15) is 9.18 Å². The van der Waals surface area contributed by atoms with Gasteiger partial charge in [0.15, 0.2) is 0 Å². The van der Waals surface area contributed by atoms with E-state index < -0.39 is 5.82 Å². The van der Waals surface area contributed by atoms with Gasteiger partial charge in [-0.15, -0.1) is 0 Å². The van der Waals surface area contributed by atoms with E-state index in [4.69, 9.17) is 15.7 Å². The highest BCUT2D eigenvalue weighted by atomic mass is 19.1. The third kappa shape index (κ3) is 7.28. The molecule has 1 unspecified atom stereocenters. The zero-order valence-corrected chi connectivity index (χ0v) is 24.2. The smallest absolute Gasteiger partial charge is 0.224 e. The number of allylic oxidation sites excluding steroid dienone is 2. The molecule has 2 aromatic heterocycles. The van der Waals surface area contributed by atoms with Crippen molar-refractivity contribution in [2.24, 2.45) is 11.7 Å². The van der Waals surface area contributed by atoms with E-state index in [1.54, 1.807) is 30.6 Å². The molecule has 1 amide bonds. The Kier molecular flexibility index (Phi) is 9.17. The van der Waals surface area contributed by atoms with Crippen molar-refractivity contribution in [2.45, 2.75) is 26.5 Å². The Balaban J connectivity index is 1.20. The average molecular weight is 583 g/mol. The van der Waals surface area contributed by atoms with Gasteiger partial charge in [-0.3, -0.25) is 9.69 Å². The van der Waals surface area contributed by atoms with E-state index in [1.165, 1.54) is 6.07 Å². The Morgan fingerprint density at radius 2 is 2.09 bits per heavy atom. The number of piperazine rings is 1. The number of H-pyrrole nitrogens is 1. The zero-order valence-electron chi connectivity index (χ0n) is 24.2. The topological polar surface area (TPSA) is 127 Å². The molecule has 0 radical (unpaired) electrons. The summed E-state index contributed by atoms with van der Waals surface area (Å²) in [6, 6.07) is 11.8. The minimum Gasteiger partial charge on any atom is -0.473 e. The summed E-state index contributed by atoms with van der Waals surface area (Å²) in [5.41, 5.74) is 9.18. The minimum absolute atomic E-state index is 0.0175. The summed E-state index contributed by atoms with van der Waals surface area (Å²) in [7, 11) is 0. The van der Waals surface area contributed by atoms with Gasteiger partial charge in [0.2, 0.25) is 11.8 Å². The van der Waals surface area contributed by atoms with E-state index in [2.05, 4.69) is 42.3 Å². The molecule has 1 aliphatic heterocycles. The van der Waals surface area contributed by atoms with Gasteiger partial charge in [0.05, 0.1) is 24.1 Å². The quantitative estimate of drug-likeness (QED) is 0.349. The number of amides is 1. The molecule has 1 saturated heterocycles. The fourth-order valence-electron chi connectivity index (χ4n) is 5.23. The lowest BCUT2D eigenvalue weighted by Gasteiger charge is -2.38. The normalized spacial score (nSPS) is 17.0. The van der Waals surface area contributed by atoms with E-state index in [0.29, 0.717) is 31.0 Å². The lowest BCUT2D eigenvalue weighted by Crippen LogP contribution is -2.48. The number of anilines is 1. The molecular weight excluding hydrogens is 547 g/mol. The summed E-state index contributed by atoms with van der Waals surface area (Å²) in [5.74, 6) is 0.825. The highest BCUT2D eigenvalue weighted by Gasteiger charge is 2.26. The molecule has 0 saturated carbocycles. The fraction of sp³-hybridized carbons (Fsp3) is 0.312. The Morgan fingerprint density at radius 1 is 1.28 bits per heavy atom. The van der Waals surface area contributed by atoms with Crippen LogP contribution in [0.25, 0.3) is 0 Å². The average Bonchev–Trinajstić information content (AvgIpc) is 3.53. The molecule has 3 aromatic rings. The molecule has 1 aliphatic carbocycles. The second-order valence-corrected chi connectivity index (χ2v) is 10.7. The molecule has 1 atom stereocenters. The number of ether oxygens (including phenoxy) is 1. The number of hydrogen-bond donors (Lipinski definition) is 2. The number of hydrogen-bond acceptors (Lipinski definition) is 8. The van der Waals surface area contributed by atoms with Crippen LogP contribution in [0.4, 0.5) is 10.2 Å². The van der Waals surface area contributed by atoms with E-state index in [0.717, 1.165) is 54.8 Å². The van der Waals surface area contributed by atoms with Crippen LogP contribution in [0.5, 0.6) is 5.88 Å². The maximum atomic E-state index is 14.3. The van der Waals surface area contributed by atoms with E-state index >= 15 is 0 Å². The SMILES string of the molecule is C=C(CN1CCN(c2cccc(OCc3ccc(C#N)cc3F)n2)CC1)N(Cc1ncc[nH]1)C1=CC(C(N)=O)CC=C1C. The van der Waals surface area contributed by atoms with Gasteiger partial charge in [0.25, 0.3) is 0 Å². The monoisotopic (exact) mass is 582 g/mol. The fourth-order valence-corrected chi connectivity index (χ4v) is 5.23. The second-order valence-electron chi connectivity index (χ2n) is 10.7. The zero-order chi connectivity index (χ0) is 30.3. The number of benzene rings is 1. The van der Waals surface area contributed by atoms with Crippen LogP contribution in [0.1, 0.15) is 30.3 Å². The predicted octanol–water partition coefficient (Wildman–Crippen LogP) is 3.87. The van der Waals surface area contributed by atoms with Crippen LogP contribution >= 0.6 is 0 Å². The molecule has 0 bridgehead atoms. The number of nitrogens with one attached hydrogen (secondary N) is 1. The van der Waals surface area contributed by atoms with Crippen LogP contribution in [0, 0.1) is 23.1 Å². The molecule has 1 fully saturated rings. The van der Waals surface area contributed by atoms with Crippen molar-refractivity contribution in [3.63, 3.8) is 0 Å². The summed E-state index contributed by atoms with van der Waals surface area (Å²) < 4.78 is 20.0. The Hall–Kier alpha value is -4.95. The first kappa shape index (κ1) is 29.5. The van der Waals surface area contributed by atoms with Gasteiger partial charge in [-0.1, -0.05) is 24.8 Å². The third-order valence-corrected chi connectivity index (χ3v) is 7.71. The summed E-state index contributed by atoms with van der Waals surface area (Å²) in [5, 5.41) is 8.94. The van der Waals surface area contributed by atoms with Gasteiger partial charge in [-0.2, -0.15) is 10.2 Å². The molecule has 3 N–H and O–H groups in total. The van der Waals surface area contributed by atoms with E-state index in [1.807, 2.05) is 31.2 Å². The van der Waals surface area contributed by atoms with Crippen molar-refractivity contribution in [1.29, 1.82) is 5.26 Å². The standard InChI is InChI=1S/C32H35FN8O2/c1-22-6-8-25(32(35)42)17-28(22)41(20-29-36-10-11-37-29)23(2)19-39-12-14-40(15-13-39)30-4-3-5-31(38-30)43-21-26-9-7-24(18-34)16-27(26)33/h3-7,9-11,16-17,25H,2,8,12-15,19-21H2,1H3,(H2,35,42)(H,36,37). The van der Waals surface area contributed by atoms with Crippen molar-refractivity contribution in [3.8, 4) is 11.9 Å². The summed E-state index contributed by atoms with van der Waals surface area (Å²) in [6.45, 7) is 10.8. The molecule has 43 heavy (non-hydrogen) atoms. The van der Waals surface area contributed by atoms with Crippen LogP contribution < -0.4 is 15.4 Å². The highest BCUT2D eigenvalue weighted by Crippen LogP contribution is 2.29. The third-order valence-electron chi connectivity index (χ3n) is 7.71. The number of aromatic amines is 1. The van der Waals surface area contributed by atoms with E-state index in [-0.39, 0.29) is 24.0 Å². The lowest BCUT2D eigenvalue weighted by molar-refractivity contribution is -0.120. The van der Waals surface area contributed by atoms with Crippen LogP contribution in [0.2, 0.25) is 0 Å². The number of aromatic nitrogens is 3. The maximum Gasteiger partial charge on any atom is 0.224 e. The molecule has 3 heterocycles. The molecule has 10 nitrogen and oxygen atoms in total. The molecule has 2 aliphatic rings. The number of halogens is 1. The summed E-state index contributed by atoms with van der Waals surface area (Å²) >= 11 is 0. The Morgan fingerprint density at radius 3 is 2.79 bits per heavy atom. The van der Waals surface area contributed by atoms with Crippen molar-refractivity contribution in [3.05, 3.63) is 107 Å². The van der Waals surface area contributed by atoms with Gasteiger partial charge in [0.1, 0.15) is 24.1 Å². The molecule has 222 valence electrons. The number of nitrogens with zero attached hydrogens (tertiary/aromatic N) is 6. The molecular formula is C32H35FN8O2. The van der Waals surface area contributed by atoms with Crippen molar-refractivity contribution in [1.82, 2.24) is 24.8 Å². The summed E-state index contributed by atoms with van der Waals surface area (Å²) in [4.78, 5) is 30.9. The van der Waals surface area contributed by atoms with Gasteiger partial charge in [0, 0.05) is 68.1 Å². The van der Waals surface area contributed by atoms with Crippen LogP contribution in [-0.2, 0) is 17.9 Å². The second kappa shape index (κ2) is 13.4. The van der Waals surface area contributed by atoms with Crippen molar-refractivity contribution < 1.29 is 13.9 Å². The number of carbonyl (C=O) groups is 1. The Bertz CT molecular complexity index is 1570. The number of nitriles is 1. The van der Waals surface area contributed by atoms with Gasteiger partial charge in [-0.05, 0) is 43.2 Å². The minimum atomic E-state index is -0.478. The number of nitrogens with two attached hydrogens (primary N) is 1. The molecule has 5 rings (SSSR count). The lowest BCUT2D eigenvalue weighted by atomic mass is 9.93. The number of carbonyl (C=O) groups excluding carboxylic acids is 1. The van der Waals surface area contributed by atoms with Gasteiger partial charge in [-0.25, -0.2) is 9.37 Å². The first-order chi connectivity index (χ1) is 20.8. The van der Waals surface area contributed by atoms with Crippen molar-refractivity contribution in [2.75, 3.05) is 37.6 Å². The Labute approximate surface area is 250 Å². The number of pyridine rings is 1. The number of imidazole rings is 1. The molecule has 0 spiro atoms. The number of primary amides is 1. The summed E-state index contributed by atoms with van der Waals surface area (Å²) in [6.07, 6.45) is 8.11. The van der Waals surface area contributed by atoms with Gasteiger partial charge >= 0.3 is 0 Å². The first-order valence-corrected chi connectivity index (χ1v) is 14.2. The molecule has 1 aromatic carbocycles. The first-order valence-electron chi connectivity index (χ1n) is 14.2.